The third-order valence-corrected chi connectivity index (χ3v) is 5.04. The quantitative estimate of drug-likeness (QED) is 0.687. The van der Waals surface area contributed by atoms with Gasteiger partial charge in [0, 0.05) is 38.3 Å². The molecule has 27 heavy (non-hydrogen) atoms. The number of nitrogens with zero attached hydrogens (tertiary/aromatic N) is 2. The smallest absolute Gasteiger partial charge is 0.416 e. The molecule has 0 radical (unpaired) electrons. The number of hydrogen-bond donors (Lipinski definition) is 0. The van der Waals surface area contributed by atoms with Crippen molar-refractivity contribution in [2.45, 2.75) is 26.1 Å². The van der Waals surface area contributed by atoms with E-state index in [9.17, 15) is 18.0 Å². The maximum absolute atomic E-state index is 12.7. The van der Waals surface area contributed by atoms with Crippen LogP contribution in [0.5, 0.6) is 0 Å². The Kier molecular flexibility index (Phi) is 5.95. The first-order chi connectivity index (χ1) is 12.7. The first-order valence-corrected chi connectivity index (χ1v) is 9.47. The summed E-state index contributed by atoms with van der Waals surface area (Å²) in [6.07, 6.45) is -3.52. The van der Waals surface area contributed by atoms with Crippen LogP contribution in [-0.2, 0) is 12.7 Å². The summed E-state index contributed by atoms with van der Waals surface area (Å²) < 4.78 is 44.0. The van der Waals surface area contributed by atoms with Crippen LogP contribution >= 0.6 is 15.9 Å². The molecule has 1 aromatic carbocycles. The fourth-order valence-corrected chi connectivity index (χ4v) is 3.69. The van der Waals surface area contributed by atoms with Gasteiger partial charge in [0.15, 0.2) is 10.4 Å². The second-order valence-electron chi connectivity index (χ2n) is 6.68. The van der Waals surface area contributed by atoms with Crippen LogP contribution in [0.4, 0.5) is 13.2 Å². The molecule has 8 heteroatoms. The van der Waals surface area contributed by atoms with Crippen LogP contribution in [0.15, 0.2) is 39.4 Å². The normalized spacial score (nSPS) is 16.4. The van der Waals surface area contributed by atoms with Gasteiger partial charge >= 0.3 is 6.18 Å². The van der Waals surface area contributed by atoms with Crippen LogP contribution in [0, 0.1) is 6.92 Å². The number of furan rings is 1. The highest BCUT2D eigenvalue weighted by Gasteiger charge is 2.30. The molecule has 146 valence electrons. The average Bonchev–Trinajstić information content (AvgIpc) is 2.80. The molecule has 0 bridgehead atoms. The van der Waals surface area contributed by atoms with Gasteiger partial charge in [-0.25, -0.2) is 0 Å². The molecule has 0 N–H and O–H groups in total. The van der Waals surface area contributed by atoms with E-state index in [1.807, 2.05) is 6.92 Å². The van der Waals surface area contributed by atoms with E-state index in [-0.39, 0.29) is 5.91 Å². The summed E-state index contributed by atoms with van der Waals surface area (Å²) >= 11 is 3.24. The standard InChI is InChI=1S/C19H20BrF3N2O2/c1-13-11-16(20)27-17(13)18(26)25-8-2-7-24(9-10-25)12-14-3-5-15(6-4-14)19(21,22)23/h3-6,11H,2,7-10,12H2,1H3. The van der Waals surface area contributed by atoms with E-state index in [4.69, 9.17) is 4.42 Å². The lowest BCUT2D eigenvalue weighted by molar-refractivity contribution is -0.137. The molecule has 1 saturated heterocycles. The Balaban J connectivity index is 1.60. The molecule has 2 heterocycles. The van der Waals surface area contributed by atoms with Gasteiger partial charge in [0.25, 0.3) is 5.91 Å². The maximum Gasteiger partial charge on any atom is 0.416 e. The molecule has 1 aliphatic rings. The second-order valence-corrected chi connectivity index (χ2v) is 7.46. The lowest BCUT2D eigenvalue weighted by atomic mass is 10.1. The van der Waals surface area contributed by atoms with E-state index in [0.29, 0.717) is 36.6 Å². The SMILES string of the molecule is Cc1cc(Br)oc1C(=O)N1CCCN(Cc2ccc(C(F)(F)F)cc2)CC1. The molecule has 1 amide bonds. The summed E-state index contributed by atoms with van der Waals surface area (Å²) in [4.78, 5) is 16.6. The highest BCUT2D eigenvalue weighted by molar-refractivity contribution is 9.10. The maximum atomic E-state index is 12.7. The number of carbonyl (C=O) groups excluding carboxylic acids is 1. The van der Waals surface area contributed by atoms with Gasteiger partial charge in [0.05, 0.1) is 5.56 Å². The molecular weight excluding hydrogens is 425 g/mol. The van der Waals surface area contributed by atoms with Gasteiger partial charge in [-0.15, -0.1) is 0 Å². The molecule has 0 saturated carbocycles. The summed E-state index contributed by atoms with van der Waals surface area (Å²) in [5.74, 6) is 0.215. The summed E-state index contributed by atoms with van der Waals surface area (Å²) in [6.45, 7) is 5.01. The van der Waals surface area contributed by atoms with Crippen LogP contribution in [0.1, 0.15) is 33.7 Å². The zero-order valence-corrected chi connectivity index (χ0v) is 16.4. The minimum atomic E-state index is -4.32. The summed E-state index contributed by atoms with van der Waals surface area (Å²) in [5.41, 5.74) is 0.977. The fraction of sp³-hybridized carbons (Fsp3) is 0.421. The lowest BCUT2D eigenvalue weighted by Crippen LogP contribution is -2.35. The molecule has 1 aliphatic heterocycles. The van der Waals surface area contributed by atoms with E-state index in [0.717, 1.165) is 36.2 Å². The Morgan fingerprint density at radius 2 is 1.85 bits per heavy atom. The minimum Gasteiger partial charge on any atom is -0.444 e. The zero-order chi connectivity index (χ0) is 19.6. The second kappa shape index (κ2) is 8.06. The lowest BCUT2D eigenvalue weighted by Gasteiger charge is -2.21. The average molecular weight is 445 g/mol. The first-order valence-electron chi connectivity index (χ1n) is 8.68. The fourth-order valence-electron chi connectivity index (χ4n) is 3.19. The number of amides is 1. The van der Waals surface area contributed by atoms with Crippen molar-refractivity contribution in [1.82, 2.24) is 9.80 Å². The monoisotopic (exact) mass is 444 g/mol. The van der Waals surface area contributed by atoms with E-state index >= 15 is 0 Å². The van der Waals surface area contributed by atoms with Crippen LogP contribution in [0.2, 0.25) is 0 Å². The third kappa shape index (κ3) is 4.93. The molecule has 0 spiro atoms. The molecule has 1 aromatic heterocycles. The highest BCUT2D eigenvalue weighted by Crippen LogP contribution is 2.29. The number of aryl methyl sites for hydroxylation is 1. The number of rotatable bonds is 3. The molecule has 1 fully saturated rings. The Bertz CT molecular complexity index is 802. The minimum absolute atomic E-state index is 0.130. The van der Waals surface area contributed by atoms with E-state index in [2.05, 4.69) is 20.8 Å². The van der Waals surface area contributed by atoms with Crippen molar-refractivity contribution in [2.75, 3.05) is 26.2 Å². The van der Waals surface area contributed by atoms with Crippen molar-refractivity contribution < 1.29 is 22.4 Å². The van der Waals surface area contributed by atoms with Gasteiger partial charge < -0.3 is 9.32 Å². The van der Waals surface area contributed by atoms with Crippen molar-refractivity contribution in [3.63, 3.8) is 0 Å². The number of hydrogen-bond acceptors (Lipinski definition) is 3. The van der Waals surface area contributed by atoms with Gasteiger partial charge in [0.1, 0.15) is 0 Å². The third-order valence-electron chi connectivity index (χ3n) is 4.65. The van der Waals surface area contributed by atoms with Gasteiger partial charge in [0.2, 0.25) is 0 Å². The zero-order valence-electron chi connectivity index (χ0n) is 14.9. The molecule has 3 rings (SSSR count). The van der Waals surface area contributed by atoms with E-state index < -0.39 is 11.7 Å². The Hall–Kier alpha value is -1.80. The van der Waals surface area contributed by atoms with E-state index in [1.54, 1.807) is 11.0 Å². The van der Waals surface area contributed by atoms with Crippen LogP contribution in [0.3, 0.4) is 0 Å². The van der Waals surface area contributed by atoms with Crippen molar-refractivity contribution >= 4 is 21.8 Å². The van der Waals surface area contributed by atoms with Crippen LogP contribution in [-0.4, -0.2) is 41.9 Å². The molecular formula is C19H20BrF3N2O2. The molecule has 4 nitrogen and oxygen atoms in total. The summed E-state index contributed by atoms with van der Waals surface area (Å²) in [5, 5.41) is 0. The van der Waals surface area contributed by atoms with Gasteiger partial charge in [-0.05, 0) is 53.0 Å². The molecule has 0 unspecified atom stereocenters. The van der Waals surface area contributed by atoms with Crippen molar-refractivity contribution in [3.8, 4) is 0 Å². The molecule has 2 aromatic rings. The highest BCUT2D eigenvalue weighted by atomic mass is 79.9. The van der Waals surface area contributed by atoms with Crippen molar-refractivity contribution in [1.29, 1.82) is 0 Å². The Labute approximate surface area is 164 Å². The van der Waals surface area contributed by atoms with E-state index in [1.165, 1.54) is 12.1 Å². The van der Waals surface area contributed by atoms with Crippen molar-refractivity contribution in [3.05, 3.63) is 57.5 Å². The Morgan fingerprint density at radius 1 is 1.15 bits per heavy atom. The van der Waals surface area contributed by atoms with Crippen LogP contribution < -0.4 is 0 Å². The topological polar surface area (TPSA) is 36.7 Å². The number of halogens is 4. The largest absolute Gasteiger partial charge is 0.444 e. The summed E-state index contributed by atoms with van der Waals surface area (Å²) in [7, 11) is 0. The Morgan fingerprint density at radius 3 is 2.44 bits per heavy atom. The number of benzene rings is 1. The predicted octanol–water partition coefficient (Wildman–Crippen LogP) is 4.72. The molecule has 0 aliphatic carbocycles. The predicted molar refractivity (Wildman–Crippen MR) is 98.4 cm³/mol. The van der Waals surface area contributed by atoms with Crippen molar-refractivity contribution in [2.24, 2.45) is 0 Å². The van der Waals surface area contributed by atoms with Gasteiger partial charge in [-0.3, -0.25) is 9.69 Å². The first kappa shape index (κ1) is 19.9. The van der Waals surface area contributed by atoms with Crippen LogP contribution in [0.25, 0.3) is 0 Å². The number of alkyl halides is 3. The van der Waals surface area contributed by atoms with Gasteiger partial charge in [-0.1, -0.05) is 12.1 Å². The van der Waals surface area contributed by atoms with Gasteiger partial charge in [-0.2, -0.15) is 13.2 Å². The molecule has 0 atom stereocenters. The summed E-state index contributed by atoms with van der Waals surface area (Å²) in [6, 6.07) is 7.02. The number of carbonyl (C=O) groups is 1.